The maximum atomic E-state index is 9.35. The van der Waals surface area contributed by atoms with Gasteiger partial charge in [-0.1, -0.05) is 57.6 Å². The van der Waals surface area contributed by atoms with E-state index < -0.39 is 0 Å². The van der Waals surface area contributed by atoms with Gasteiger partial charge in [-0.25, -0.2) is 4.99 Å². The first-order valence-electron chi connectivity index (χ1n) is 10.9. The van der Waals surface area contributed by atoms with Gasteiger partial charge in [0.15, 0.2) is 5.84 Å². The quantitative estimate of drug-likeness (QED) is 0.223. The van der Waals surface area contributed by atoms with Gasteiger partial charge in [0.25, 0.3) is 0 Å². The van der Waals surface area contributed by atoms with Crippen LogP contribution in [0.15, 0.2) is 17.1 Å². The van der Waals surface area contributed by atoms with Gasteiger partial charge in [0.2, 0.25) is 0 Å². The number of aliphatic hydroxyl groups excluding tert-OH is 1. The minimum absolute atomic E-state index is 0.278. The summed E-state index contributed by atoms with van der Waals surface area (Å²) >= 11 is 0. The number of hydrogen-bond donors (Lipinski definition) is 1. The molecule has 1 rings (SSSR count). The third kappa shape index (κ3) is 9.01. The van der Waals surface area contributed by atoms with Crippen molar-refractivity contribution in [3.63, 3.8) is 0 Å². The van der Waals surface area contributed by atoms with Gasteiger partial charge in [-0.05, 0) is 39.0 Å². The molecule has 1 aliphatic heterocycles. The highest BCUT2D eigenvalue weighted by Gasteiger charge is 2.35. The summed E-state index contributed by atoms with van der Waals surface area (Å²) in [6.45, 7) is 8.74. The van der Waals surface area contributed by atoms with Crippen LogP contribution in [0.1, 0.15) is 90.9 Å². The molecular weight excluding hydrogens is 308 g/mol. The molecule has 0 amide bonds. The predicted octanol–water partition coefficient (Wildman–Crippen LogP) is 5.48. The summed E-state index contributed by atoms with van der Waals surface area (Å²) in [7, 11) is 0. The first-order chi connectivity index (χ1) is 12.3. The molecule has 146 valence electrons. The number of amidine groups is 1. The molecule has 1 heterocycles. The zero-order chi connectivity index (χ0) is 18.2. The van der Waals surface area contributed by atoms with Crippen LogP contribution in [0.3, 0.4) is 0 Å². The summed E-state index contributed by atoms with van der Waals surface area (Å²) in [5.74, 6) is 1.35. The summed E-state index contributed by atoms with van der Waals surface area (Å²) in [6.07, 6.45) is 20.5. The van der Waals surface area contributed by atoms with Gasteiger partial charge in [-0.2, -0.15) is 0 Å². The fourth-order valence-corrected chi connectivity index (χ4v) is 3.90. The van der Waals surface area contributed by atoms with Crippen LogP contribution < -0.4 is 0 Å². The average Bonchev–Trinajstić information content (AvgIpc) is 3.02. The number of aliphatic hydroxyl groups is 1. The van der Waals surface area contributed by atoms with Crippen molar-refractivity contribution in [3.8, 4) is 0 Å². The molecule has 0 saturated carbocycles. The Kier molecular flexibility index (Phi) is 13.0. The number of rotatable bonds is 16. The van der Waals surface area contributed by atoms with Crippen molar-refractivity contribution < 1.29 is 9.59 Å². The van der Waals surface area contributed by atoms with E-state index in [2.05, 4.69) is 26.0 Å². The molecule has 25 heavy (non-hydrogen) atoms. The van der Waals surface area contributed by atoms with Crippen LogP contribution in [0.25, 0.3) is 0 Å². The number of allylic oxidation sites excluding steroid dienone is 2. The topological polar surface area (TPSA) is 32.6 Å². The number of hydrogen-bond acceptors (Lipinski definition) is 2. The molecule has 0 radical (unpaired) electrons. The summed E-state index contributed by atoms with van der Waals surface area (Å²) in [4.78, 5) is 4.74. The van der Waals surface area contributed by atoms with E-state index in [0.717, 1.165) is 37.1 Å². The van der Waals surface area contributed by atoms with Crippen molar-refractivity contribution in [1.82, 2.24) is 0 Å². The van der Waals surface area contributed by atoms with Crippen molar-refractivity contribution in [1.29, 1.82) is 0 Å². The number of likely N-dealkylation sites (N-methyl/N-ethyl adjacent to an activating group) is 1. The van der Waals surface area contributed by atoms with E-state index >= 15 is 0 Å². The second-order valence-electron chi connectivity index (χ2n) is 7.56. The van der Waals surface area contributed by atoms with Gasteiger partial charge in [0, 0.05) is 6.42 Å². The highest BCUT2D eigenvalue weighted by atomic mass is 16.3. The standard InChI is InChI=1S/C22H43N2O/c1-3-5-6-7-8-9-10-11-12-13-14-15-16-17-22-23-18-19-24(22,4-2)20-21-25/h8-9,25H,3-7,10-21H2,1-2H3/q+1/b9-8+. The Bertz CT molecular complexity index is 378. The molecule has 1 atom stereocenters. The van der Waals surface area contributed by atoms with Crippen LogP contribution >= 0.6 is 0 Å². The van der Waals surface area contributed by atoms with Gasteiger partial charge < -0.3 is 5.11 Å². The van der Waals surface area contributed by atoms with Crippen molar-refractivity contribution in [2.24, 2.45) is 4.99 Å². The van der Waals surface area contributed by atoms with Crippen LogP contribution in [-0.2, 0) is 0 Å². The third-order valence-corrected chi connectivity index (χ3v) is 5.67. The van der Waals surface area contributed by atoms with E-state index in [4.69, 9.17) is 4.99 Å². The smallest absolute Gasteiger partial charge is 0.198 e. The zero-order valence-electron chi connectivity index (χ0n) is 17.0. The fourth-order valence-electron chi connectivity index (χ4n) is 3.90. The van der Waals surface area contributed by atoms with E-state index in [1.165, 1.54) is 76.5 Å². The second kappa shape index (κ2) is 14.5. The van der Waals surface area contributed by atoms with Crippen LogP contribution in [-0.4, -0.2) is 48.2 Å². The lowest BCUT2D eigenvalue weighted by atomic mass is 10.1. The summed E-state index contributed by atoms with van der Waals surface area (Å²) in [6, 6.07) is 0. The lowest BCUT2D eigenvalue weighted by Crippen LogP contribution is -2.52. The SMILES string of the molecule is CCCCC/C=C/CCCCCCCCC1=NCC[N+]1(CC)CCO. The summed E-state index contributed by atoms with van der Waals surface area (Å²) < 4.78 is 0.946. The van der Waals surface area contributed by atoms with Crippen LogP contribution in [0, 0.1) is 0 Å². The van der Waals surface area contributed by atoms with E-state index in [0.29, 0.717) is 0 Å². The molecule has 0 saturated heterocycles. The van der Waals surface area contributed by atoms with Gasteiger partial charge >= 0.3 is 0 Å². The van der Waals surface area contributed by atoms with Crippen LogP contribution in [0.4, 0.5) is 0 Å². The molecule has 0 fully saturated rings. The molecule has 3 nitrogen and oxygen atoms in total. The van der Waals surface area contributed by atoms with Gasteiger partial charge in [0.05, 0.1) is 19.7 Å². The summed E-state index contributed by atoms with van der Waals surface area (Å²) in [5.41, 5.74) is 0. The first kappa shape index (κ1) is 22.4. The number of aliphatic imine (C=N–C) groups is 1. The fraction of sp³-hybridized carbons (Fsp3) is 0.864. The highest BCUT2D eigenvalue weighted by Crippen LogP contribution is 2.19. The molecule has 1 N–H and O–H groups in total. The van der Waals surface area contributed by atoms with E-state index in [1.807, 2.05) is 0 Å². The minimum atomic E-state index is 0.278. The van der Waals surface area contributed by atoms with E-state index in [9.17, 15) is 5.11 Å². The Labute approximate surface area is 156 Å². The number of nitrogens with zero attached hydrogens (tertiary/aromatic N) is 2. The van der Waals surface area contributed by atoms with Crippen molar-refractivity contribution in [3.05, 3.63) is 12.2 Å². The lowest BCUT2D eigenvalue weighted by molar-refractivity contribution is -0.835. The molecule has 1 unspecified atom stereocenters. The highest BCUT2D eigenvalue weighted by molar-refractivity contribution is 5.76. The molecule has 0 aromatic rings. The van der Waals surface area contributed by atoms with E-state index in [1.54, 1.807) is 0 Å². The van der Waals surface area contributed by atoms with Gasteiger partial charge in [0.1, 0.15) is 13.1 Å². The van der Waals surface area contributed by atoms with Crippen molar-refractivity contribution in [2.45, 2.75) is 90.9 Å². The maximum absolute atomic E-state index is 9.35. The van der Waals surface area contributed by atoms with E-state index in [-0.39, 0.29) is 6.61 Å². The molecule has 0 bridgehead atoms. The monoisotopic (exact) mass is 351 g/mol. The number of quaternary nitrogens is 1. The molecular formula is C22H43N2O+. The normalized spacial score (nSPS) is 20.5. The van der Waals surface area contributed by atoms with Crippen LogP contribution in [0.2, 0.25) is 0 Å². The lowest BCUT2D eigenvalue weighted by Gasteiger charge is -2.33. The molecule has 0 spiro atoms. The molecule has 3 heteroatoms. The Balaban J connectivity index is 1.98. The Morgan fingerprint density at radius 1 is 0.920 bits per heavy atom. The molecule has 0 aliphatic carbocycles. The average molecular weight is 352 g/mol. The zero-order valence-corrected chi connectivity index (χ0v) is 17.0. The second-order valence-corrected chi connectivity index (χ2v) is 7.56. The Hall–Kier alpha value is -0.670. The number of unbranched alkanes of at least 4 members (excludes halogenated alkanes) is 9. The minimum Gasteiger partial charge on any atom is -0.390 e. The molecule has 1 aliphatic rings. The van der Waals surface area contributed by atoms with Crippen molar-refractivity contribution >= 4 is 5.84 Å². The third-order valence-electron chi connectivity index (χ3n) is 5.67. The van der Waals surface area contributed by atoms with Gasteiger partial charge in [-0.3, -0.25) is 4.48 Å². The van der Waals surface area contributed by atoms with Gasteiger partial charge in [-0.15, -0.1) is 0 Å². The Morgan fingerprint density at radius 2 is 1.56 bits per heavy atom. The largest absolute Gasteiger partial charge is 0.390 e. The van der Waals surface area contributed by atoms with Crippen LogP contribution in [0.5, 0.6) is 0 Å². The van der Waals surface area contributed by atoms with Crippen molar-refractivity contribution in [2.75, 3.05) is 32.8 Å². The first-order valence-corrected chi connectivity index (χ1v) is 10.9. The Morgan fingerprint density at radius 3 is 2.20 bits per heavy atom. The summed E-state index contributed by atoms with van der Waals surface area (Å²) in [5, 5.41) is 9.35. The molecule has 0 aromatic carbocycles. The maximum Gasteiger partial charge on any atom is 0.198 e. The molecule has 0 aromatic heterocycles. The predicted molar refractivity (Wildman–Crippen MR) is 110 cm³/mol.